The van der Waals surface area contributed by atoms with Gasteiger partial charge in [-0.1, -0.05) is 45.6 Å². The van der Waals surface area contributed by atoms with Gasteiger partial charge in [-0.2, -0.15) is 0 Å². The fourth-order valence-electron chi connectivity index (χ4n) is 1.84. The summed E-state index contributed by atoms with van der Waals surface area (Å²) in [6.45, 7) is 7.87. The van der Waals surface area contributed by atoms with Gasteiger partial charge in [0.2, 0.25) is 0 Å². The predicted molar refractivity (Wildman–Crippen MR) is 97.1 cm³/mol. The van der Waals surface area contributed by atoms with E-state index in [9.17, 15) is 5.11 Å². The van der Waals surface area contributed by atoms with E-state index in [4.69, 9.17) is 18.6 Å². The summed E-state index contributed by atoms with van der Waals surface area (Å²) in [4.78, 5) is 0. The Hall–Kier alpha value is 0.713. The van der Waals surface area contributed by atoms with Crippen LogP contribution in [0.1, 0.15) is 46.0 Å². The second-order valence-corrected chi connectivity index (χ2v) is 6.57. The molecule has 2 saturated carbocycles. The molecule has 28 heavy (non-hydrogen) atoms. The Balaban J connectivity index is -0.000000324. The van der Waals surface area contributed by atoms with E-state index in [2.05, 4.69) is 13.5 Å². The molecule has 2 rings (SSSR count). The Kier molecular flexibility index (Phi) is 28.6. The summed E-state index contributed by atoms with van der Waals surface area (Å²) in [5, 5.41) is 9.55. The molecule has 2 atom stereocenters. The first-order valence-electron chi connectivity index (χ1n) is 8.98. The van der Waals surface area contributed by atoms with Gasteiger partial charge in [0.05, 0.1) is 6.10 Å². The summed E-state index contributed by atoms with van der Waals surface area (Å²) in [5.74, 6) is 0.242. The van der Waals surface area contributed by atoms with Crippen molar-refractivity contribution in [2.75, 3.05) is 0 Å². The van der Waals surface area contributed by atoms with Gasteiger partial charge in [0, 0.05) is 26.2 Å². The SMILES string of the molecule is C=CC(C)C(O)CCCCCC.[CH]1[CH][CH][CH][CH]1.[CH]1[CH][CH][CH][CH]1.[O-][Cl+3]([O-])([O-])[O-].[Zr]. The molecular formula is C21H32ClO5Zr-. The molecule has 0 aromatic heterocycles. The minimum Gasteiger partial charge on any atom is -0.393 e. The Morgan fingerprint density at radius 3 is 1.39 bits per heavy atom. The minimum absolute atomic E-state index is 0. The van der Waals surface area contributed by atoms with E-state index >= 15 is 0 Å². The largest absolute Gasteiger partial charge is 0.393 e. The van der Waals surface area contributed by atoms with Gasteiger partial charge in [-0.3, -0.25) is 0 Å². The topological polar surface area (TPSA) is 112 Å². The zero-order chi connectivity index (χ0) is 21.0. The summed E-state index contributed by atoms with van der Waals surface area (Å²) in [6.07, 6.45) is 27.5. The van der Waals surface area contributed by atoms with Crippen LogP contribution in [-0.4, -0.2) is 11.2 Å². The normalized spacial score (nSPS) is 17.4. The Bertz CT molecular complexity index is 274. The van der Waals surface area contributed by atoms with Crippen LogP contribution >= 0.6 is 0 Å². The van der Waals surface area contributed by atoms with Crippen LogP contribution in [0.5, 0.6) is 0 Å². The van der Waals surface area contributed by atoms with Gasteiger partial charge in [0.15, 0.2) is 0 Å². The third kappa shape index (κ3) is 34.2. The molecule has 0 bridgehead atoms. The van der Waals surface area contributed by atoms with Gasteiger partial charge in [0.25, 0.3) is 0 Å². The standard InChI is InChI=1S/C11H22O.2C5H5.ClHO4.Zr/c1-4-6-7-8-9-11(12)10(3)5-2;2*1-2-4-5-3-1;2-1(3,4)5;/h5,10-12H,2,4,6-9H2,1,3H3;2*1-5H;(H,2,3,4,5);/p-1. The molecule has 0 aliphatic heterocycles. The number of halogens is 1. The fraction of sp³-hybridized carbons (Fsp3) is 0.429. The molecule has 0 spiro atoms. The summed E-state index contributed by atoms with van der Waals surface area (Å²) in [5.41, 5.74) is 0. The Labute approximate surface area is 194 Å². The number of aliphatic hydroxyl groups is 1. The molecule has 1 N–H and O–H groups in total. The van der Waals surface area contributed by atoms with Gasteiger partial charge < -0.3 is 5.11 Å². The summed E-state index contributed by atoms with van der Waals surface area (Å²) < 4.78 is 34.0. The monoisotopic (exact) mass is 489 g/mol. The van der Waals surface area contributed by atoms with Gasteiger partial charge in [-0.15, -0.1) is 16.8 Å². The van der Waals surface area contributed by atoms with Crippen molar-refractivity contribution in [2.45, 2.75) is 52.1 Å². The molecule has 7 heteroatoms. The third-order valence-electron chi connectivity index (χ3n) is 3.44. The molecule has 158 valence electrons. The van der Waals surface area contributed by atoms with Crippen LogP contribution < -0.4 is 18.6 Å². The quantitative estimate of drug-likeness (QED) is 0.410. The summed E-state index contributed by atoms with van der Waals surface area (Å²) >= 11 is 0. The predicted octanol–water partition coefficient (Wildman–Crippen LogP) is 0.424. The van der Waals surface area contributed by atoms with Crippen LogP contribution in [0.2, 0.25) is 0 Å². The van der Waals surface area contributed by atoms with Crippen LogP contribution in [-0.2, 0) is 26.2 Å². The van der Waals surface area contributed by atoms with Gasteiger partial charge in [0.1, 0.15) is 0 Å². The van der Waals surface area contributed by atoms with Crippen LogP contribution in [0.3, 0.4) is 0 Å². The molecule has 0 aromatic rings. The van der Waals surface area contributed by atoms with Crippen LogP contribution in [0.25, 0.3) is 0 Å². The zero-order valence-electron chi connectivity index (χ0n) is 16.7. The number of hydrogen-bond donors (Lipinski definition) is 1. The molecule has 10 radical (unpaired) electrons. The van der Waals surface area contributed by atoms with Crippen molar-refractivity contribution in [1.82, 2.24) is 0 Å². The number of rotatable bonds is 7. The van der Waals surface area contributed by atoms with Crippen molar-refractivity contribution in [2.24, 2.45) is 5.92 Å². The van der Waals surface area contributed by atoms with E-state index in [1.54, 1.807) is 0 Å². The Morgan fingerprint density at radius 2 is 1.14 bits per heavy atom. The average Bonchev–Trinajstić information content (AvgIpc) is 3.34. The molecule has 0 saturated heterocycles. The van der Waals surface area contributed by atoms with Crippen LogP contribution in [0.15, 0.2) is 12.7 Å². The maximum Gasteiger partial charge on any atom is 0.0600 e. The summed E-state index contributed by atoms with van der Waals surface area (Å²) in [6, 6.07) is 0. The second-order valence-electron chi connectivity index (χ2n) is 5.81. The van der Waals surface area contributed by atoms with E-state index in [0.717, 1.165) is 12.8 Å². The maximum atomic E-state index is 9.55. The molecule has 2 fully saturated rings. The van der Waals surface area contributed by atoms with E-state index in [1.807, 2.05) is 77.2 Å². The van der Waals surface area contributed by atoms with Crippen molar-refractivity contribution < 1.29 is 60.2 Å². The third-order valence-corrected chi connectivity index (χ3v) is 3.44. The number of unbranched alkanes of at least 4 members (excludes halogenated alkanes) is 3. The van der Waals surface area contributed by atoms with Gasteiger partial charge in [-0.05, 0) is 76.5 Å². The van der Waals surface area contributed by atoms with E-state index in [1.165, 1.54) is 19.3 Å². The fourth-order valence-corrected chi connectivity index (χ4v) is 1.84. The molecule has 0 heterocycles. The van der Waals surface area contributed by atoms with E-state index in [0.29, 0.717) is 0 Å². The molecule has 2 unspecified atom stereocenters. The molecular weight excluding hydrogens is 459 g/mol. The van der Waals surface area contributed by atoms with Gasteiger partial charge in [-0.25, -0.2) is 18.6 Å². The van der Waals surface area contributed by atoms with Crippen LogP contribution in [0, 0.1) is 80.4 Å². The van der Waals surface area contributed by atoms with Crippen molar-refractivity contribution in [3.63, 3.8) is 0 Å². The van der Waals surface area contributed by atoms with Crippen molar-refractivity contribution >= 4 is 0 Å². The van der Waals surface area contributed by atoms with Crippen molar-refractivity contribution in [1.29, 1.82) is 0 Å². The number of hydrogen-bond acceptors (Lipinski definition) is 5. The molecule has 5 nitrogen and oxygen atoms in total. The Morgan fingerprint density at radius 1 is 0.821 bits per heavy atom. The smallest absolute Gasteiger partial charge is 0.0600 e. The zero-order valence-corrected chi connectivity index (χ0v) is 19.9. The van der Waals surface area contributed by atoms with E-state index in [-0.39, 0.29) is 38.2 Å². The molecule has 0 aromatic carbocycles. The second kappa shape index (κ2) is 24.0. The first-order valence-corrected chi connectivity index (χ1v) is 10.2. The average molecular weight is 491 g/mol. The minimum atomic E-state index is -4.94. The molecule has 2 aliphatic rings. The van der Waals surface area contributed by atoms with Gasteiger partial charge >= 0.3 is 0 Å². The van der Waals surface area contributed by atoms with E-state index < -0.39 is 10.2 Å². The van der Waals surface area contributed by atoms with Crippen molar-refractivity contribution in [3.8, 4) is 0 Å². The van der Waals surface area contributed by atoms with Crippen molar-refractivity contribution in [3.05, 3.63) is 76.9 Å². The summed E-state index contributed by atoms with van der Waals surface area (Å²) in [7, 11) is -4.94. The maximum absolute atomic E-state index is 9.55. The molecule has 2 aliphatic carbocycles. The first-order chi connectivity index (χ1) is 12.7. The molecule has 0 amide bonds. The number of aliphatic hydroxyl groups excluding tert-OH is 1. The first kappa shape index (κ1) is 33.4. The van der Waals surface area contributed by atoms with Crippen LogP contribution in [0.4, 0.5) is 0 Å².